The van der Waals surface area contributed by atoms with Gasteiger partial charge in [-0.15, -0.1) is 0 Å². The van der Waals surface area contributed by atoms with E-state index in [1.54, 1.807) is 0 Å². The van der Waals surface area contributed by atoms with Crippen molar-refractivity contribution in [2.45, 2.75) is 20.3 Å². The topological polar surface area (TPSA) is 38.0 Å². The summed E-state index contributed by atoms with van der Waals surface area (Å²) < 4.78 is 0. The van der Waals surface area contributed by atoms with Crippen LogP contribution in [0.25, 0.3) is 0 Å². The van der Waals surface area contributed by atoms with Crippen LogP contribution in [0.2, 0.25) is 0 Å². The second-order valence-corrected chi connectivity index (χ2v) is 4.99. The van der Waals surface area contributed by atoms with Gasteiger partial charge in [0.15, 0.2) is 0 Å². The standard InChI is InChI=1S/C16H18N2S/c1-3-12-6-4-5-7-14(12)18-15-9-8-11(2)10-13(15)16(17)19/h4-10,18H,3H2,1-2H3,(H2,17,19). The Morgan fingerprint density at radius 3 is 2.58 bits per heavy atom. The van der Waals surface area contributed by atoms with Crippen molar-refractivity contribution in [2.75, 3.05) is 5.32 Å². The third kappa shape index (κ3) is 3.12. The van der Waals surface area contributed by atoms with E-state index < -0.39 is 0 Å². The van der Waals surface area contributed by atoms with Gasteiger partial charge in [0, 0.05) is 16.9 Å². The number of hydrogen-bond acceptors (Lipinski definition) is 2. The van der Waals surface area contributed by atoms with E-state index in [0.29, 0.717) is 4.99 Å². The predicted octanol–water partition coefficient (Wildman–Crippen LogP) is 3.94. The molecule has 0 aliphatic carbocycles. The predicted molar refractivity (Wildman–Crippen MR) is 86.2 cm³/mol. The maximum atomic E-state index is 5.80. The zero-order valence-corrected chi connectivity index (χ0v) is 12.1. The first-order valence-corrected chi connectivity index (χ1v) is 6.78. The fourth-order valence-corrected chi connectivity index (χ4v) is 2.24. The third-order valence-electron chi connectivity index (χ3n) is 3.11. The first-order chi connectivity index (χ1) is 9.11. The number of nitrogens with two attached hydrogens (primary N) is 1. The van der Waals surface area contributed by atoms with Crippen LogP contribution < -0.4 is 11.1 Å². The Balaban J connectivity index is 2.41. The number of benzene rings is 2. The van der Waals surface area contributed by atoms with Gasteiger partial charge in [0.1, 0.15) is 4.99 Å². The Kier molecular flexibility index (Phi) is 4.17. The zero-order valence-electron chi connectivity index (χ0n) is 11.2. The van der Waals surface area contributed by atoms with E-state index in [0.717, 1.165) is 28.9 Å². The van der Waals surface area contributed by atoms with Gasteiger partial charge in [-0.3, -0.25) is 0 Å². The van der Waals surface area contributed by atoms with Crippen LogP contribution in [0.15, 0.2) is 42.5 Å². The lowest BCUT2D eigenvalue weighted by Gasteiger charge is -2.14. The van der Waals surface area contributed by atoms with E-state index in [4.69, 9.17) is 18.0 Å². The summed E-state index contributed by atoms with van der Waals surface area (Å²) in [6, 6.07) is 14.4. The maximum absolute atomic E-state index is 5.80. The van der Waals surface area contributed by atoms with Crippen LogP contribution in [-0.4, -0.2) is 4.99 Å². The summed E-state index contributed by atoms with van der Waals surface area (Å²) in [7, 11) is 0. The van der Waals surface area contributed by atoms with Gasteiger partial charge < -0.3 is 11.1 Å². The number of nitrogens with one attached hydrogen (secondary N) is 1. The number of hydrogen-bond donors (Lipinski definition) is 2. The molecule has 0 atom stereocenters. The molecule has 0 fully saturated rings. The lowest BCUT2D eigenvalue weighted by molar-refractivity contribution is 1.14. The first-order valence-electron chi connectivity index (χ1n) is 6.37. The highest BCUT2D eigenvalue weighted by atomic mass is 32.1. The normalized spacial score (nSPS) is 10.2. The van der Waals surface area contributed by atoms with Crippen molar-refractivity contribution in [2.24, 2.45) is 5.73 Å². The molecule has 0 spiro atoms. The SMILES string of the molecule is CCc1ccccc1Nc1ccc(C)cc1C(N)=S. The molecule has 0 radical (unpaired) electrons. The average molecular weight is 270 g/mol. The van der Waals surface area contributed by atoms with Crippen LogP contribution >= 0.6 is 12.2 Å². The van der Waals surface area contributed by atoms with Crippen molar-refractivity contribution in [3.63, 3.8) is 0 Å². The van der Waals surface area contributed by atoms with Crippen molar-refractivity contribution in [3.8, 4) is 0 Å². The van der Waals surface area contributed by atoms with Crippen LogP contribution in [0.5, 0.6) is 0 Å². The fourth-order valence-electron chi connectivity index (χ4n) is 2.07. The lowest BCUT2D eigenvalue weighted by atomic mass is 10.1. The van der Waals surface area contributed by atoms with Crippen LogP contribution in [0, 0.1) is 6.92 Å². The maximum Gasteiger partial charge on any atom is 0.106 e. The quantitative estimate of drug-likeness (QED) is 0.827. The molecule has 0 aromatic heterocycles. The second-order valence-electron chi connectivity index (χ2n) is 4.55. The molecule has 19 heavy (non-hydrogen) atoms. The number of anilines is 2. The molecule has 0 saturated heterocycles. The van der Waals surface area contributed by atoms with E-state index in [1.807, 2.05) is 31.2 Å². The smallest absolute Gasteiger partial charge is 0.106 e. The molecule has 3 heteroatoms. The van der Waals surface area contributed by atoms with E-state index in [2.05, 4.69) is 30.4 Å². The van der Waals surface area contributed by atoms with Gasteiger partial charge in [-0.05, 0) is 37.1 Å². The van der Waals surface area contributed by atoms with Gasteiger partial charge in [0.2, 0.25) is 0 Å². The van der Waals surface area contributed by atoms with Crippen LogP contribution in [0.1, 0.15) is 23.6 Å². The fraction of sp³-hybridized carbons (Fsp3) is 0.188. The molecule has 2 aromatic carbocycles. The third-order valence-corrected chi connectivity index (χ3v) is 3.33. The van der Waals surface area contributed by atoms with Gasteiger partial charge in [-0.25, -0.2) is 0 Å². The average Bonchev–Trinajstić information content (AvgIpc) is 2.41. The molecule has 0 bridgehead atoms. The zero-order chi connectivity index (χ0) is 13.8. The van der Waals surface area contributed by atoms with Crippen molar-refractivity contribution < 1.29 is 0 Å². The molecular weight excluding hydrogens is 252 g/mol. The molecular formula is C16H18N2S. The highest BCUT2D eigenvalue weighted by Crippen LogP contribution is 2.25. The van der Waals surface area contributed by atoms with E-state index in [-0.39, 0.29) is 0 Å². The summed E-state index contributed by atoms with van der Waals surface area (Å²) in [5.74, 6) is 0. The summed E-state index contributed by atoms with van der Waals surface area (Å²) in [6.07, 6.45) is 0.984. The number of rotatable bonds is 4. The van der Waals surface area contributed by atoms with Gasteiger partial charge in [-0.2, -0.15) is 0 Å². The van der Waals surface area contributed by atoms with Gasteiger partial charge in [-0.1, -0.05) is 49.0 Å². The van der Waals surface area contributed by atoms with Gasteiger partial charge in [0.25, 0.3) is 0 Å². The summed E-state index contributed by atoms with van der Waals surface area (Å²) in [4.78, 5) is 0.417. The Morgan fingerprint density at radius 1 is 1.16 bits per heavy atom. The Bertz CT molecular complexity index is 605. The summed E-state index contributed by atoms with van der Waals surface area (Å²) >= 11 is 5.12. The van der Waals surface area contributed by atoms with Gasteiger partial charge >= 0.3 is 0 Å². The molecule has 0 aliphatic rings. The molecule has 3 N–H and O–H groups in total. The lowest BCUT2D eigenvalue weighted by Crippen LogP contribution is -2.12. The van der Waals surface area contributed by atoms with Crippen molar-refractivity contribution >= 4 is 28.6 Å². The molecule has 2 aromatic rings. The van der Waals surface area contributed by atoms with Crippen molar-refractivity contribution in [1.82, 2.24) is 0 Å². The van der Waals surface area contributed by atoms with Crippen molar-refractivity contribution in [3.05, 3.63) is 59.2 Å². The molecule has 0 aliphatic heterocycles. The van der Waals surface area contributed by atoms with E-state index >= 15 is 0 Å². The van der Waals surface area contributed by atoms with Crippen LogP contribution in [-0.2, 0) is 6.42 Å². The number of thiocarbonyl (C=S) groups is 1. The largest absolute Gasteiger partial charge is 0.389 e. The molecule has 2 nitrogen and oxygen atoms in total. The Labute approximate surface area is 119 Å². The molecule has 0 heterocycles. The number of aryl methyl sites for hydroxylation is 2. The summed E-state index contributed by atoms with van der Waals surface area (Å²) in [5.41, 5.74) is 11.2. The first kappa shape index (κ1) is 13.6. The minimum absolute atomic E-state index is 0.417. The monoisotopic (exact) mass is 270 g/mol. The van der Waals surface area contributed by atoms with E-state index in [9.17, 15) is 0 Å². The molecule has 0 saturated carbocycles. The minimum Gasteiger partial charge on any atom is -0.389 e. The second kappa shape index (κ2) is 5.85. The summed E-state index contributed by atoms with van der Waals surface area (Å²) in [6.45, 7) is 4.18. The van der Waals surface area contributed by atoms with Crippen LogP contribution in [0.4, 0.5) is 11.4 Å². The van der Waals surface area contributed by atoms with Gasteiger partial charge in [0.05, 0.1) is 0 Å². The molecule has 2 rings (SSSR count). The molecule has 0 unspecified atom stereocenters. The molecule has 0 amide bonds. The summed E-state index contributed by atoms with van der Waals surface area (Å²) in [5, 5.41) is 3.43. The van der Waals surface area contributed by atoms with Crippen molar-refractivity contribution in [1.29, 1.82) is 0 Å². The number of para-hydroxylation sites is 1. The Hall–Kier alpha value is -1.87. The Morgan fingerprint density at radius 2 is 1.89 bits per heavy atom. The minimum atomic E-state index is 0.417. The molecule has 98 valence electrons. The highest BCUT2D eigenvalue weighted by Gasteiger charge is 2.07. The highest BCUT2D eigenvalue weighted by molar-refractivity contribution is 7.80. The van der Waals surface area contributed by atoms with E-state index in [1.165, 1.54) is 5.56 Å². The van der Waals surface area contributed by atoms with Crippen LogP contribution in [0.3, 0.4) is 0 Å².